The van der Waals surface area contributed by atoms with Crippen LogP contribution in [-0.2, 0) is 22.5 Å². The fraction of sp³-hybridized carbons (Fsp3) is 0.350. The summed E-state index contributed by atoms with van der Waals surface area (Å²) in [5, 5.41) is 22.3. The third-order valence-corrected chi connectivity index (χ3v) is 5.90. The van der Waals surface area contributed by atoms with Crippen LogP contribution in [0.5, 0.6) is 0 Å². The van der Waals surface area contributed by atoms with Gasteiger partial charge in [-0.15, -0.1) is 0 Å². The largest absolute Gasteiger partial charge is 0.755 e. The van der Waals surface area contributed by atoms with Gasteiger partial charge in [-0.25, -0.2) is 0 Å². The number of rotatable bonds is 10. The smallest absolute Gasteiger partial charge is 0.475 e. The minimum atomic E-state index is -2.88. The summed E-state index contributed by atoms with van der Waals surface area (Å²) in [5.74, 6) is -1.60. The van der Waals surface area contributed by atoms with Crippen LogP contribution in [0.1, 0.15) is 25.8 Å². The fourth-order valence-electron chi connectivity index (χ4n) is 3.17. The molecule has 0 aromatic heterocycles. The van der Waals surface area contributed by atoms with Gasteiger partial charge >= 0.3 is 7.12 Å². The van der Waals surface area contributed by atoms with Gasteiger partial charge in [0, 0.05) is 22.7 Å². The molecule has 0 spiro atoms. The van der Waals surface area contributed by atoms with E-state index < -0.39 is 36.3 Å². The van der Waals surface area contributed by atoms with Crippen molar-refractivity contribution in [2.45, 2.75) is 38.7 Å². The Bertz CT molecular complexity index is 904. The van der Waals surface area contributed by atoms with Crippen LogP contribution < -0.4 is 9.62 Å². The van der Waals surface area contributed by atoms with E-state index in [4.69, 9.17) is 23.2 Å². The van der Waals surface area contributed by atoms with Crippen LogP contribution in [0.3, 0.4) is 0 Å². The molecule has 7 nitrogen and oxygen atoms in total. The van der Waals surface area contributed by atoms with Crippen LogP contribution in [-0.4, -0.2) is 43.8 Å². The van der Waals surface area contributed by atoms with E-state index in [2.05, 4.69) is 5.32 Å². The van der Waals surface area contributed by atoms with E-state index in [1.165, 1.54) is 18.2 Å². The van der Waals surface area contributed by atoms with Crippen LogP contribution in [0, 0.1) is 5.92 Å². The second-order valence-electron chi connectivity index (χ2n) is 7.50. The van der Waals surface area contributed by atoms with Crippen molar-refractivity contribution in [3.05, 3.63) is 64.1 Å². The molecular formula is C20H24BCl2N2O5S-. The summed E-state index contributed by atoms with van der Waals surface area (Å²) < 4.78 is 25.3. The lowest BCUT2D eigenvalue weighted by Crippen LogP contribution is -2.55. The van der Waals surface area contributed by atoms with Gasteiger partial charge < -0.3 is 19.9 Å². The Labute approximate surface area is 194 Å². The summed E-state index contributed by atoms with van der Waals surface area (Å²) in [5.41, 5.74) is 0.754. The lowest BCUT2D eigenvalue weighted by molar-refractivity contribution is -0.122. The van der Waals surface area contributed by atoms with Crippen molar-refractivity contribution in [1.82, 2.24) is 5.32 Å². The molecule has 2 rings (SSSR count). The van der Waals surface area contributed by atoms with Gasteiger partial charge in [-0.3, -0.25) is 13.3 Å². The molecule has 3 N–H and O–H groups in total. The van der Waals surface area contributed by atoms with E-state index in [9.17, 15) is 23.6 Å². The quantitative estimate of drug-likeness (QED) is 0.353. The predicted octanol–water partition coefficient (Wildman–Crippen LogP) is 2.75. The number of amides is 1. The van der Waals surface area contributed by atoms with Gasteiger partial charge in [0.15, 0.2) is 0 Å². The highest BCUT2D eigenvalue weighted by Gasteiger charge is 2.33. The molecule has 0 fully saturated rings. The summed E-state index contributed by atoms with van der Waals surface area (Å²) in [6.45, 7) is 3.74. The maximum atomic E-state index is 13.2. The minimum Gasteiger partial charge on any atom is -0.755 e. The molecule has 0 heterocycles. The second kappa shape index (κ2) is 11.8. The molecule has 0 aliphatic rings. The number of hydrogen-bond acceptors (Lipinski definition) is 5. The van der Waals surface area contributed by atoms with Gasteiger partial charge in [0.25, 0.3) is 0 Å². The molecule has 0 saturated carbocycles. The third kappa shape index (κ3) is 7.48. The average molecular weight is 486 g/mol. The lowest BCUT2D eigenvalue weighted by Gasteiger charge is -2.35. The number of carbonyl (C=O) groups excluding carboxylic acids is 1. The van der Waals surface area contributed by atoms with E-state index in [0.29, 0.717) is 12.0 Å². The molecule has 2 aromatic rings. The Morgan fingerprint density at radius 3 is 2.39 bits per heavy atom. The summed E-state index contributed by atoms with van der Waals surface area (Å²) >= 11 is 9.39. The van der Waals surface area contributed by atoms with Crippen LogP contribution in [0.2, 0.25) is 10.0 Å². The second-order valence-corrected chi connectivity index (χ2v) is 9.17. The molecule has 0 radical (unpaired) electrons. The Morgan fingerprint density at radius 2 is 1.84 bits per heavy atom. The topological polar surface area (TPSA) is 113 Å². The van der Waals surface area contributed by atoms with Gasteiger partial charge in [0.05, 0.1) is 16.7 Å². The molecule has 3 atom stereocenters. The molecule has 31 heavy (non-hydrogen) atoms. The first-order valence-electron chi connectivity index (χ1n) is 9.64. The summed E-state index contributed by atoms with van der Waals surface area (Å²) in [4.78, 5) is 13.2. The molecule has 0 aliphatic carbocycles. The van der Waals surface area contributed by atoms with E-state index in [0.717, 1.165) is 4.31 Å². The Hall–Kier alpha value is -1.62. The van der Waals surface area contributed by atoms with Crippen LogP contribution in [0.4, 0.5) is 5.69 Å². The molecule has 11 heteroatoms. The van der Waals surface area contributed by atoms with E-state index in [1.807, 2.05) is 13.8 Å². The Balaban J connectivity index is 2.48. The Morgan fingerprint density at radius 1 is 1.19 bits per heavy atom. The van der Waals surface area contributed by atoms with Crippen molar-refractivity contribution in [2.75, 3.05) is 4.31 Å². The average Bonchev–Trinajstić information content (AvgIpc) is 2.69. The maximum absolute atomic E-state index is 13.2. The third-order valence-electron chi connectivity index (χ3n) is 4.58. The van der Waals surface area contributed by atoms with Crippen molar-refractivity contribution in [2.24, 2.45) is 5.92 Å². The van der Waals surface area contributed by atoms with E-state index in [-0.39, 0.29) is 28.1 Å². The molecule has 1 amide bonds. The zero-order chi connectivity index (χ0) is 23.1. The lowest BCUT2D eigenvalue weighted by atomic mass is 9.75. The van der Waals surface area contributed by atoms with Crippen molar-refractivity contribution in [3.8, 4) is 0 Å². The molecule has 2 aromatic carbocycles. The van der Waals surface area contributed by atoms with Gasteiger partial charge in [0.1, 0.15) is 6.04 Å². The molecule has 1 unspecified atom stereocenters. The first-order valence-corrected chi connectivity index (χ1v) is 11.4. The van der Waals surface area contributed by atoms with Gasteiger partial charge in [-0.1, -0.05) is 67.4 Å². The fourth-order valence-corrected chi connectivity index (χ4v) is 4.28. The highest BCUT2D eigenvalue weighted by Crippen LogP contribution is 2.32. The molecule has 0 bridgehead atoms. The highest BCUT2D eigenvalue weighted by molar-refractivity contribution is 7.80. The molecule has 0 aliphatic heterocycles. The monoisotopic (exact) mass is 485 g/mol. The first-order chi connectivity index (χ1) is 14.6. The first kappa shape index (κ1) is 25.6. The summed E-state index contributed by atoms with van der Waals surface area (Å²) in [6, 6.07) is 11.9. The molecule has 0 saturated heterocycles. The summed E-state index contributed by atoms with van der Waals surface area (Å²) in [6.07, 6.45) is 0.319. The molecule has 168 valence electrons. The number of anilines is 1. The van der Waals surface area contributed by atoms with Gasteiger partial charge in [-0.2, -0.15) is 0 Å². The standard InChI is InChI=1S/C20H25BCl2N2O5S/c1-13(2)10-19(21(27)28)24-20(26)18(11-14-6-4-3-5-7-14)25(31(29)30)17-12-15(22)8-9-16(17)23/h3-9,12-13,18-19,27-28H,10-11H2,1-2H3,(H,24,26)(H,29,30)/p-1/t18-,19-/m0/s1. The highest BCUT2D eigenvalue weighted by atomic mass is 35.5. The van der Waals surface area contributed by atoms with Crippen molar-refractivity contribution < 1.29 is 23.6 Å². The van der Waals surface area contributed by atoms with Gasteiger partial charge in [0.2, 0.25) is 5.91 Å². The van der Waals surface area contributed by atoms with Crippen molar-refractivity contribution in [3.63, 3.8) is 0 Å². The number of nitrogens with one attached hydrogen (secondary N) is 1. The normalized spacial score (nSPS) is 14.1. The predicted molar refractivity (Wildman–Crippen MR) is 123 cm³/mol. The number of halogens is 2. The summed E-state index contributed by atoms with van der Waals surface area (Å²) in [7, 11) is -1.80. The minimum absolute atomic E-state index is 0.0272. The molecular weight excluding hydrogens is 462 g/mol. The number of carbonyl (C=O) groups is 1. The van der Waals surface area contributed by atoms with Crippen molar-refractivity contribution >= 4 is 53.2 Å². The number of nitrogens with zero attached hydrogens (tertiary/aromatic N) is 1. The van der Waals surface area contributed by atoms with Crippen molar-refractivity contribution in [1.29, 1.82) is 0 Å². The number of benzene rings is 2. The van der Waals surface area contributed by atoms with Crippen LogP contribution in [0.25, 0.3) is 0 Å². The zero-order valence-electron chi connectivity index (χ0n) is 17.1. The zero-order valence-corrected chi connectivity index (χ0v) is 19.4. The number of hydrogen-bond donors (Lipinski definition) is 3. The van der Waals surface area contributed by atoms with Crippen LogP contribution >= 0.6 is 23.2 Å². The van der Waals surface area contributed by atoms with Gasteiger partial charge in [-0.05, 0) is 36.1 Å². The van der Waals surface area contributed by atoms with Crippen LogP contribution in [0.15, 0.2) is 48.5 Å². The van der Waals surface area contributed by atoms with E-state index in [1.54, 1.807) is 30.3 Å². The maximum Gasteiger partial charge on any atom is 0.475 e. The van der Waals surface area contributed by atoms with E-state index >= 15 is 0 Å². The SMILES string of the molecule is CC(C)C[C@H](NC(=O)[C@H](Cc1ccccc1)N(c1cc(Cl)ccc1Cl)S(=O)[O-])B(O)O. The Kier molecular flexibility index (Phi) is 9.80.